The number of nitrogens with zero attached hydrogens (tertiary/aromatic N) is 2. The highest BCUT2D eigenvalue weighted by atomic mass is 32.1. The molecule has 9 nitrogen and oxygen atoms in total. The zero-order chi connectivity index (χ0) is 27.4. The van der Waals surface area contributed by atoms with E-state index < -0.39 is 29.8 Å². The number of aromatic amines is 1. The summed E-state index contributed by atoms with van der Waals surface area (Å²) in [5.74, 6) is -0.894. The topological polar surface area (TPSA) is 126 Å². The summed E-state index contributed by atoms with van der Waals surface area (Å²) in [6.07, 6.45) is 0.559. The molecule has 0 bridgehead atoms. The first-order valence-corrected chi connectivity index (χ1v) is 12.6. The van der Waals surface area contributed by atoms with Crippen molar-refractivity contribution in [1.82, 2.24) is 15.0 Å². The van der Waals surface area contributed by atoms with E-state index in [2.05, 4.69) is 25.6 Å². The molecule has 38 heavy (non-hydrogen) atoms. The summed E-state index contributed by atoms with van der Waals surface area (Å²) < 4.78 is 18.7. The van der Waals surface area contributed by atoms with E-state index in [1.807, 2.05) is 6.92 Å². The van der Waals surface area contributed by atoms with Crippen LogP contribution in [0.2, 0.25) is 0 Å². The number of ketones is 1. The molecular weight excluding hydrogens is 509 g/mol. The molecule has 3 N–H and O–H groups in total. The molecule has 0 unspecified atom stereocenters. The summed E-state index contributed by atoms with van der Waals surface area (Å²) in [5.41, 5.74) is 2.11. The summed E-state index contributed by atoms with van der Waals surface area (Å²) >= 11 is 1.24. The number of imidazole rings is 1. The lowest BCUT2D eigenvalue weighted by Gasteiger charge is -2.21. The standard InChI is InChI=1S/C27H26FN5O4S/c1-15-13-29-24(30-15)25-32-21(14-38-25)22(34)12-23(35)31-20-11-17(16-5-8-18(28)9-6-16)7-10-19(20)33-26(36)37-27(2,3)4/h5-11,13-14H,12H2,1-4H3,(H,29,30)(H,31,35)(H,33,36). The van der Waals surface area contributed by atoms with Crippen LogP contribution in [0.4, 0.5) is 20.6 Å². The van der Waals surface area contributed by atoms with Crippen molar-refractivity contribution in [3.8, 4) is 22.0 Å². The fraction of sp³-hybridized carbons (Fsp3) is 0.222. The zero-order valence-electron chi connectivity index (χ0n) is 21.2. The number of carbonyl (C=O) groups is 3. The molecule has 0 spiro atoms. The lowest BCUT2D eigenvalue weighted by Crippen LogP contribution is -2.27. The second kappa shape index (κ2) is 10.9. The van der Waals surface area contributed by atoms with E-state index in [4.69, 9.17) is 4.74 Å². The monoisotopic (exact) mass is 535 g/mol. The number of nitrogens with one attached hydrogen (secondary N) is 3. The number of anilines is 2. The second-order valence-electron chi connectivity index (χ2n) is 9.47. The first-order valence-electron chi connectivity index (χ1n) is 11.7. The summed E-state index contributed by atoms with van der Waals surface area (Å²) in [6, 6.07) is 10.8. The smallest absolute Gasteiger partial charge is 0.412 e. The van der Waals surface area contributed by atoms with E-state index >= 15 is 0 Å². The number of hydrogen-bond acceptors (Lipinski definition) is 7. The number of aryl methyl sites for hydroxylation is 1. The predicted octanol–water partition coefficient (Wildman–Crippen LogP) is 6.21. The van der Waals surface area contributed by atoms with Crippen LogP contribution in [0.3, 0.4) is 0 Å². The summed E-state index contributed by atoms with van der Waals surface area (Å²) in [7, 11) is 0. The Labute approximate surface area is 222 Å². The van der Waals surface area contributed by atoms with Gasteiger partial charge in [0.2, 0.25) is 5.91 Å². The fourth-order valence-corrected chi connectivity index (χ4v) is 4.23. The number of aromatic nitrogens is 3. The maximum Gasteiger partial charge on any atom is 0.412 e. The van der Waals surface area contributed by atoms with E-state index in [-0.39, 0.29) is 22.9 Å². The summed E-state index contributed by atoms with van der Waals surface area (Å²) in [6.45, 7) is 7.03. The Kier molecular flexibility index (Phi) is 7.67. The quantitative estimate of drug-likeness (QED) is 0.191. The van der Waals surface area contributed by atoms with E-state index in [1.54, 1.807) is 62.7 Å². The van der Waals surface area contributed by atoms with Crippen molar-refractivity contribution in [2.75, 3.05) is 10.6 Å². The summed E-state index contributed by atoms with van der Waals surface area (Å²) in [4.78, 5) is 49.6. The van der Waals surface area contributed by atoms with Gasteiger partial charge in [0, 0.05) is 11.6 Å². The van der Waals surface area contributed by atoms with Gasteiger partial charge in [-0.3, -0.25) is 14.9 Å². The Balaban J connectivity index is 1.53. The number of hydrogen-bond donors (Lipinski definition) is 3. The van der Waals surface area contributed by atoms with Crippen LogP contribution >= 0.6 is 11.3 Å². The van der Waals surface area contributed by atoms with E-state index in [9.17, 15) is 18.8 Å². The van der Waals surface area contributed by atoms with Gasteiger partial charge in [0.1, 0.15) is 17.1 Å². The van der Waals surface area contributed by atoms with Crippen molar-refractivity contribution in [2.45, 2.75) is 39.7 Å². The highest BCUT2D eigenvalue weighted by Crippen LogP contribution is 2.30. The first-order chi connectivity index (χ1) is 18.0. The lowest BCUT2D eigenvalue weighted by molar-refractivity contribution is -0.115. The maximum absolute atomic E-state index is 13.4. The lowest BCUT2D eigenvalue weighted by atomic mass is 10.0. The van der Waals surface area contributed by atoms with Gasteiger partial charge in [-0.05, 0) is 63.1 Å². The fourth-order valence-electron chi connectivity index (χ4n) is 3.46. The Morgan fingerprint density at radius 2 is 1.71 bits per heavy atom. The van der Waals surface area contributed by atoms with Gasteiger partial charge in [-0.15, -0.1) is 11.3 Å². The Morgan fingerprint density at radius 3 is 2.37 bits per heavy atom. The van der Waals surface area contributed by atoms with Gasteiger partial charge in [-0.1, -0.05) is 18.2 Å². The number of rotatable bonds is 7. The molecule has 2 heterocycles. The molecule has 2 aromatic heterocycles. The molecule has 0 atom stereocenters. The minimum absolute atomic E-state index is 0.154. The maximum atomic E-state index is 13.4. The van der Waals surface area contributed by atoms with E-state index in [0.29, 0.717) is 22.0 Å². The van der Waals surface area contributed by atoms with Crippen LogP contribution in [0.25, 0.3) is 22.0 Å². The number of carbonyl (C=O) groups excluding carboxylic acids is 3. The van der Waals surface area contributed by atoms with Crippen molar-refractivity contribution >= 4 is 40.5 Å². The molecule has 0 saturated carbocycles. The Morgan fingerprint density at radius 1 is 1.00 bits per heavy atom. The van der Waals surface area contributed by atoms with E-state index in [0.717, 1.165) is 5.69 Å². The molecule has 0 radical (unpaired) electrons. The Hall–Kier alpha value is -4.38. The molecule has 0 fully saturated rings. The van der Waals surface area contributed by atoms with Crippen LogP contribution in [0.5, 0.6) is 0 Å². The third kappa shape index (κ3) is 6.88. The van der Waals surface area contributed by atoms with Crippen molar-refractivity contribution in [3.05, 3.63) is 71.2 Å². The van der Waals surface area contributed by atoms with Crippen LogP contribution in [-0.4, -0.2) is 38.3 Å². The predicted molar refractivity (Wildman–Crippen MR) is 144 cm³/mol. The van der Waals surface area contributed by atoms with Gasteiger partial charge >= 0.3 is 6.09 Å². The molecule has 4 rings (SSSR count). The molecule has 4 aromatic rings. The molecule has 0 aliphatic rings. The van der Waals surface area contributed by atoms with Gasteiger partial charge in [0.05, 0.1) is 23.5 Å². The molecule has 0 aliphatic carbocycles. The summed E-state index contributed by atoms with van der Waals surface area (Å²) in [5, 5.41) is 7.44. The molecule has 2 aromatic carbocycles. The molecule has 0 saturated heterocycles. The number of benzene rings is 2. The number of amides is 2. The number of ether oxygens (including phenoxy) is 1. The van der Waals surface area contributed by atoms with Crippen molar-refractivity contribution in [2.24, 2.45) is 0 Å². The van der Waals surface area contributed by atoms with Gasteiger partial charge in [0.25, 0.3) is 0 Å². The molecule has 11 heteroatoms. The average Bonchev–Trinajstić information content (AvgIpc) is 3.49. The first kappa shape index (κ1) is 26.7. The van der Waals surface area contributed by atoms with Crippen LogP contribution in [0.1, 0.15) is 43.4 Å². The molecule has 196 valence electrons. The second-order valence-corrected chi connectivity index (χ2v) is 10.3. The van der Waals surface area contributed by atoms with Gasteiger partial charge in [-0.2, -0.15) is 0 Å². The van der Waals surface area contributed by atoms with Gasteiger partial charge in [-0.25, -0.2) is 19.2 Å². The number of Topliss-reactive ketones (excluding diaryl/α,β-unsaturated/α-hetero) is 1. The van der Waals surface area contributed by atoms with Crippen LogP contribution in [0, 0.1) is 12.7 Å². The number of H-pyrrole nitrogens is 1. The highest BCUT2D eigenvalue weighted by Gasteiger charge is 2.20. The molecule has 2 amide bonds. The number of halogens is 1. The minimum Gasteiger partial charge on any atom is -0.444 e. The van der Waals surface area contributed by atoms with Crippen molar-refractivity contribution in [1.29, 1.82) is 0 Å². The van der Waals surface area contributed by atoms with Crippen molar-refractivity contribution in [3.63, 3.8) is 0 Å². The third-order valence-electron chi connectivity index (χ3n) is 5.13. The highest BCUT2D eigenvalue weighted by molar-refractivity contribution is 7.13. The van der Waals surface area contributed by atoms with Crippen LogP contribution in [-0.2, 0) is 9.53 Å². The third-order valence-corrected chi connectivity index (χ3v) is 5.98. The van der Waals surface area contributed by atoms with Gasteiger partial charge < -0.3 is 15.0 Å². The van der Waals surface area contributed by atoms with Gasteiger partial charge in [0.15, 0.2) is 16.6 Å². The number of thiazole rings is 1. The van der Waals surface area contributed by atoms with Crippen molar-refractivity contribution < 1.29 is 23.5 Å². The molecule has 0 aliphatic heterocycles. The SMILES string of the molecule is Cc1c[nH]c(-c2nc(C(=O)CC(=O)Nc3cc(-c4ccc(F)cc4)ccc3NC(=O)OC(C)(C)C)cs2)n1. The normalized spacial score (nSPS) is 11.2. The van der Waals surface area contributed by atoms with E-state index in [1.165, 1.54) is 23.5 Å². The average molecular weight is 536 g/mol. The largest absolute Gasteiger partial charge is 0.444 e. The Bertz CT molecular complexity index is 1490. The minimum atomic E-state index is -0.727. The van der Waals surface area contributed by atoms with Crippen LogP contribution in [0.15, 0.2) is 54.0 Å². The van der Waals surface area contributed by atoms with Crippen LogP contribution < -0.4 is 10.6 Å². The zero-order valence-corrected chi connectivity index (χ0v) is 22.0. The molecular formula is C27H26FN5O4S.